The molecule has 0 heterocycles. The lowest BCUT2D eigenvalue weighted by atomic mass is 10.3. The van der Waals surface area contributed by atoms with Crippen molar-refractivity contribution >= 4 is 23.9 Å². The highest BCUT2D eigenvalue weighted by Gasteiger charge is 2.41. The van der Waals surface area contributed by atoms with E-state index in [1.54, 1.807) is 0 Å². The van der Waals surface area contributed by atoms with E-state index in [4.69, 9.17) is 0 Å². The smallest absolute Gasteiger partial charge is 0.288 e. The number of hydrogen-bond donors (Lipinski definition) is 0. The van der Waals surface area contributed by atoms with Gasteiger partial charge in [-0.25, -0.2) is 22.0 Å². The van der Waals surface area contributed by atoms with E-state index in [0.717, 1.165) is 20.2 Å². The van der Waals surface area contributed by atoms with Crippen LogP contribution in [0.25, 0.3) is 0 Å². The van der Waals surface area contributed by atoms with Gasteiger partial charge in [-0.2, -0.15) is 8.42 Å². The SMILES string of the molecule is COS(=O)(=O)O[Si](C)(C)c1c(F)c(F)c(F)c(F)c1F. The molecule has 0 N–H and O–H groups in total. The van der Waals surface area contributed by atoms with Crippen LogP contribution in [0, 0.1) is 29.1 Å². The molecule has 1 rings (SSSR count). The zero-order valence-electron chi connectivity index (χ0n) is 10.4. The van der Waals surface area contributed by atoms with E-state index in [1.165, 1.54) is 0 Å². The highest BCUT2D eigenvalue weighted by Crippen LogP contribution is 2.21. The summed E-state index contributed by atoms with van der Waals surface area (Å²) in [6.45, 7) is 1.89. The Morgan fingerprint density at radius 1 is 0.850 bits per heavy atom. The van der Waals surface area contributed by atoms with Crippen LogP contribution >= 0.6 is 0 Å². The van der Waals surface area contributed by atoms with Crippen molar-refractivity contribution in [1.82, 2.24) is 0 Å². The monoisotopic (exact) mass is 336 g/mol. The van der Waals surface area contributed by atoms with Crippen molar-refractivity contribution in [3.63, 3.8) is 0 Å². The van der Waals surface area contributed by atoms with E-state index in [9.17, 15) is 30.4 Å². The maximum Gasteiger partial charge on any atom is 0.390 e. The van der Waals surface area contributed by atoms with Crippen molar-refractivity contribution in [2.24, 2.45) is 0 Å². The molecule has 1 aromatic rings. The van der Waals surface area contributed by atoms with Crippen molar-refractivity contribution < 1.29 is 38.4 Å². The molecule has 0 aliphatic carbocycles. The first-order valence-corrected chi connectivity index (χ1v) is 9.22. The number of rotatable bonds is 4. The van der Waals surface area contributed by atoms with E-state index in [2.05, 4.69) is 8.06 Å². The van der Waals surface area contributed by atoms with Gasteiger partial charge in [-0.3, -0.25) is 8.06 Å². The van der Waals surface area contributed by atoms with Crippen LogP contribution in [-0.4, -0.2) is 23.8 Å². The third kappa shape index (κ3) is 3.00. The largest absolute Gasteiger partial charge is 0.390 e. The summed E-state index contributed by atoms with van der Waals surface area (Å²) in [6.07, 6.45) is 0. The Bertz CT molecular complexity index is 617. The van der Waals surface area contributed by atoms with Crippen LogP contribution in [-0.2, 0) is 18.5 Å². The summed E-state index contributed by atoms with van der Waals surface area (Å²) < 4.78 is 96.8. The minimum absolute atomic E-state index is 0.721. The van der Waals surface area contributed by atoms with Crippen LogP contribution in [0.3, 0.4) is 0 Å². The average Bonchev–Trinajstić information content (AvgIpc) is 2.32. The van der Waals surface area contributed by atoms with E-state index >= 15 is 0 Å². The highest BCUT2D eigenvalue weighted by atomic mass is 32.3. The summed E-state index contributed by atoms with van der Waals surface area (Å²) in [5.41, 5.74) is 0. The van der Waals surface area contributed by atoms with Crippen molar-refractivity contribution in [3.05, 3.63) is 29.1 Å². The topological polar surface area (TPSA) is 52.6 Å². The lowest BCUT2D eigenvalue weighted by Gasteiger charge is -2.23. The van der Waals surface area contributed by atoms with Crippen LogP contribution in [0.4, 0.5) is 22.0 Å². The standard InChI is InChI=1S/C9H9F5O4SSi/c1-17-19(15,16)18-20(2,3)9-7(13)5(11)4(10)6(12)8(9)14/h1-3H3. The molecule has 0 unspecified atom stereocenters. The van der Waals surface area contributed by atoms with Crippen molar-refractivity contribution in [3.8, 4) is 0 Å². The van der Waals surface area contributed by atoms with Gasteiger partial charge in [0.05, 0.1) is 7.11 Å². The molecule has 0 bridgehead atoms. The minimum Gasteiger partial charge on any atom is -0.288 e. The Morgan fingerprint density at radius 3 is 1.55 bits per heavy atom. The summed E-state index contributed by atoms with van der Waals surface area (Å²) in [7, 11) is -7.90. The molecule has 0 aliphatic heterocycles. The zero-order chi connectivity index (χ0) is 15.9. The van der Waals surface area contributed by atoms with Gasteiger partial charge >= 0.3 is 10.4 Å². The first-order valence-electron chi connectivity index (χ1n) is 4.97. The fraction of sp³-hybridized carbons (Fsp3) is 0.333. The van der Waals surface area contributed by atoms with Gasteiger partial charge in [0.2, 0.25) is 5.82 Å². The fourth-order valence-corrected chi connectivity index (χ4v) is 5.39. The average molecular weight is 336 g/mol. The van der Waals surface area contributed by atoms with Crippen LogP contribution in [0.1, 0.15) is 0 Å². The van der Waals surface area contributed by atoms with Gasteiger partial charge in [-0.05, 0) is 13.1 Å². The van der Waals surface area contributed by atoms with Gasteiger partial charge in [0.1, 0.15) is 0 Å². The van der Waals surface area contributed by atoms with Crippen molar-refractivity contribution in [2.75, 3.05) is 7.11 Å². The predicted molar refractivity (Wildman–Crippen MR) is 60.4 cm³/mol. The molecule has 11 heteroatoms. The van der Waals surface area contributed by atoms with E-state index < -0.39 is 53.0 Å². The van der Waals surface area contributed by atoms with E-state index in [1.807, 2.05) is 0 Å². The molecule has 114 valence electrons. The Kier molecular flexibility index (Phi) is 4.58. The first kappa shape index (κ1) is 17.0. The molecule has 0 amide bonds. The summed E-state index contributed by atoms with van der Waals surface area (Å²) in [5.74, 6) is -10.9. The van der Waals surface area contributed by atoms with Crippen LogP contribution in [0.2, 0.25) is 13.1 Å². The first-order chi connectivity index (χ1) is 8.94. The fourth-order valence-electron chi connectivity index (χ4n) is 1.46. The molecule has 4 nitrogen and oxygen atoms in total. The second-order valence-corrected chi connectivity index (χ2v) is 9.45. The van der Waals surface area contributed by atoms with Gasteiger partial charge in [0, 0.05) is 5.19 Å². The molecule has 0 saturated heterocycles. The Balaban J connectivity index is 3.54. The second kappa shape index (κ2) is 5.39. The van der Waals surface area contributed by atoms with E-state index in [0.29, 0.717) is 0 Å². The molecular weight excluding hydrogens is 327 g/mol. The van der Waals surface area contributed by atoms with Crippen LogP contribution in [0.5, 0.6) is 0 Å². The summed E-state index contributed by atoms with van der Waals surface area (Å²) >= 11 is 0. The summed E-state index contributed by atoms with van der Waals surface area (Å²) in [4.78, 5) is 0. The lowest BCUT2D eigenvalue weighted by molar-refractivity contribution is 0.328. The van der Waals surface area contributed by atoms with Crippen molar-refractivity contribution in [1.29, 1.82) is 0 Å². The molecule has 0 spiro atoms. The molecule has 0 radical (unpaired) electrons. The van der Waals surface area contributed by atoms with Gasteiger partial charge in [-0.1, -0.05) is 0 Å². The normalized spacial score (nSPS) is 12.8. The summed E-state index contributed by atoms with van der Waals surface area (Å²) in [5, 5.41) is -1.28. The molecule has 0 saturated carbocycles. The molecule has 0 aromatic heterocycles. The molecular formula is C9H9F5O4SSi. The number of halogens is 5. The van der Waals surface area contributed by atoms with Gasteiger partial charge in [-0.15, -0.1) is 0 Å². The quantitative estimate of drug-likeness (QED) is 0.363. The lowest BCUT2D eigenvalue weighted by Crippen LogP contribution is -2.51. The van der Waals surface area contributed by atoms with Crippen LogP contribution in [0.15, 0.2) is 0 Å². The third-order valence-electron chi connectivity index (χ3n) is 2.33. The Morgan fingerprint density at radius 2 is 1.20 bits per heavy atom. The third-order valence-corrected chi connectivity index (χ3v) is 6.86. The molecule has 0 fully saturated rings. The molecule has 0 atom stereocenters. The Hall–Kier alpha value is -1.04. The van der Waals surface area contributed by atoms with E-state index in [-0.39, 0.29) is 0 Å². The Labute approximate surface area is 112 Å². The predicted octanol–water partition coefficient (Wildman–Crippen LogP) is 1.70. The highest BCUT2D eigenvalue weighted by molar-refractivity contribution is 7.83. The van der Waals surface area contributed by atoms with Crippen LogP contribution < -0.4 is 5.19 Å². The number of benzene rings is 1. The minimum atomic E-state index is -4.60. The molecule has 20 heavy (non-hydrogen) atoms. The van der Waals surface area contributed by atoms with Gasteiger partial charge in [0.25, 0.3) is 8.32 Å². The summed E-state index contributed by atoms with van der Waals surface area (Å²) in [6, 6.07) is 0. The molecule has 0 aliphatic rings. The maximum atomic E-state index is 13.6. The van der Waals surface area contributed by atoms with Gasteiger partial charge < -0.3 is 0 Å². The second-order valence-electron chi connectivity index (χ2n) is 4.11. The van der Waals surface area contributed by atoms with Crippen molar-refractivity contribution in [2.45, 2.75) is 13.1 Å². The molecule has 1 aromatic carbocycles. The maximum absolute atomic E-state index is 13.6. The zero-order valence-corrected chi connectivity index (χ0v) is 12.2. The number of hydrogen-bond acceptors (Lipinski definition) is 4. The van der Waals surface area contributed by atoms with Gasteiger partial charge in [0.15, 0.2) is 23.3 Å².